The van der Waals surface area contributed by atoms with Gasteiger partial charge in [0.25, 0.3) is 0 Å². The maximum Gasteiger partial charge on any atom is 0.177 e. The molecular formula is C14H17N7O. The number of nitrogens with one attached hydrogen (secondary N) is 1. The summed E-state index contributed by atoms with van der Waals surface area (Å²) in [5, 5.41) is 25.7. The molecule has 3 heterocycles. The Morgan fingerprint density at radius 2 is 2.23 bits per heavy atom. The molecule has 8 nitrogen and oxygen atoms in total. The van der Waals surface area contributed by atoms with Crippen LogP contribution in [-0.2, 0) is 6.54 Å². The first-order valence-corrected chi connectivity index (χ1v) is 7.35. The van der Waals surface area contributed by atoms with Gasteiger partial charge in [-0.3, -0.25) is 0 Å². The summed E-state index contributed by atoms with van der Waals surface area (Å²) in [5.41, 5.74) is 0.704. The summed E-state index contributed by atoms with van der Waals surface area (Å²) >= 11 is 0. The van der Waals surface area contributed by atoms with Crippen molar-refractivity contribution in [1.29, 1.82) is 0 Å². The number of aliphatic hydroxyl groups is 1. The van der Waals surface area contributed by atoms with Crippen molar-refractivity contribution in [3.05, 3.63) is 37.2 Å². The van der Waals surface area contributed by atoms with Gasteiger partial charge in [0.15, 0.2) is 5.65 Å². The summed E-state index contributed by atoms with van der Waals surface area (Å²) in [7, 11) is 0. The molecule has 3 aromatic heterocycles. The van der Waals surface area contributed by atoms with E-state index >= 15 is 0 Å². The summed E-state index contributed by atoms with van der Waals surface area (Å²) in [6.07, 6.45) is 8.43. The van der Waals surface area contributed by atoms with Crippen molar-refractivity contribution < 1.29 is 5.11 Å². The minimum absolute atomic E-state index is 0.00921. The molecule has 0 saturated heterocycles. The van der Waals surface area contributed by atoms with Gasteiger partial charge < -0.3 is 15.0 Å². The molecular weight excluding hydrogens is 282 g/mol. The lowest BCUT2D eigenvalue weighted by atomic mass is 10.1. The molecule has 0 aromatic carbocycles. The fraction of sp³-hybridized carbons (Fsp3) is 0.429. The Morgan fingerprint density at radius 3 is 3.09 bits per heavy atom. The van der Waals surface area contributed by atoms with Gasteiger partial charge in [0, 0.05) is 18.9 Å². The van der Waals surface area contributed by atoms with E-state index < -0.39 is 0 Å². The van der Waals surface area contributed by atoms with Crippen LogP contribution in [0.5, 0.6) is 0 Å². The molecule has 0 bridgehead atoms. The van der Waals surface area contributed by atoms with E-state index in [1.54, 1.807) is 17.0 Å². The third-order valence-electron chi connectivity index (χ3n) is 4.15. The molecule has 8 heteroatoms. The number of nitrogens with zero attached hydrogens (tertiary/aromatic N) is 6. The normalized spacial score (nSPS) is 24.9. The molecule has 1 saturated carbocycles. The largest absolute Gasteiger partial charge is 0.391 e. The molecule has 22 heavy (non-hydrogen) atoms. The van der Waals surface area contributed by atoms with Gasteiger partial charge in [0.1, 0.15) is 12.1 Å². The van der Waals surface area contributed by atoms with Crippen LogP contribution < -0.4 is 5.32 Å². The summed E-state index contributed by atoms with van der Waals surface area (Å²) in [6, 6.07) is 3.72. The number of hydrogen-bond acceptors (Lipinski definition) is 6. The molecule has 2 N–H and O–H groups in total. The average Bonchev–Trinajstić information content (AvgIpc) is 3.21. The van der Waals surface area contributed by atoms with Crippen LogP contribution in [-0.4, -0.2) is 46.6 Å². The second kappa shape index (κ2) is 5.38. The number of aromatic nitrogens is 6. The van der Waals surface area contributed by atoms with Crippen LogP contribution in [0.15, 0.2) is 37.2 Å². The first kappa shape index (κ1) is 13.2. The van der Waals surface area contributed by atoms with Crippen LogP contribution >= 0.6 is 0 Å². The van der Waals surface area contributed by atoms with Crippen molar-refractivity contribution in [2.45, 2.75) is 31.5 Å². The fourth-order valence-corrected chi connectivity index (χ4v) is 3.11. The average molecular weight is 299 g/mol. The summed E-state index contributed by atoms with van der Waals surface area (Å²) in [4.78, 5) is 4.05. The van der Waals surface area contributed by atoms with E-state index in [2.05, 4.69) is 30.2 Å². The zero-order valence-electron chi connectivity index (χ0n) is 11.9. The zero-order chi connectivity index (χ0) is 14.9. The van der Waals surface area contributed by atoms with E-state index in [9.17, 15) is 5.11 Å². The molecule has 1 aliphatic carbocycles. The Bertz CT molecular complexity index is 753. The highest BCUT2D eigenvalue weighted by molar-refractivity contribution is 5.43. The van der Waals surface area contributed by atoms with Gasteiger partial charge in [-0.15, -0.1) is 15.3 Å². The fourth-order valence-electron chi connectivity index (χ4n) is 3.11. The summed E-state index contributed by atoms with van der Waals surface area (Å²) in [6.45, 7) is 0.882. The van der Waals surface area contributed by atoms with Crippen LogP contribution in [0.2, 0.25) is 0 Å². The van der Waals surface area contributed by atoms with Crippen LogP contribution in [0.3, 0.4) is 0 Å². The number of anilines is 1. The highest BCUT2D eigenvalue weighted by Gasteiger charge is 2.33. The zero-order valence-corrected chi connectivity index (χ0v) is 11.9. The highest BCUT2D eigenvalue weighted by Crippen LogP contribution is 2.29. The molecule has 0 spiro atoms. The first-order valence-electron chi connectivity index (χ1n) is 7.35. The Balaban J connectivity index is 1.43. The van der Waals surface area contributed by atoms with Crippen LogP contribution in [0.25, 0.3) is 5.65 Å². The van der Waals surface area contributed by atoms with Gasteiger partial charge in [0.2, 0.25) is 0 Å². The lowest BCUT2D eigenvalue weighted by Gasteiger charge is -2.16. The van der Waals surface area contributed by atoms with Gasteiger partial charge in [-0.1, -0.05) is 0 Å². The summed E-state index contributed by atoms with van der Waals surface area (Å²) in [5.74, 6) is 1.15. The lowest BCUT2D eigenvalue weighted by Crippen LogP contribution is -2.28. The van der Waals surface area contributed by atoms with Gasteiger partial charge in [-0.2, -0.15) is 4.52 Å². The minimum atomic E-state index is -0.369. The Morgan fingerprint density at radius 1 is 1.27 bits per heavy atom. The molecule has 3 atom stereocenters. The van der Waals surface area contributed by atoms with E-state index in [-0.39, 0.29) is 12.1 Å². The van der Waals surface area contributed by atoms with E-state index in [1.165, 1.54) is 0 Å². The predicted molar refractivity (Wildman–Crippen MR) is 79.2 cm³/mol. The SMILES string of the molecule is O[C@@H]1CC(Cn2ccnc2)C[C@H]1Nc1ccc2nncn2n1. The van der Waals surface area contributed by atoms with Gasteiger partial charge in [-0.05, 0) is 30.9 Å². The first-order chi connectivity index (χ1) is 10.8. The smallest absolute Gasteiger partial charge is 0.177 e. The molecule has 4 rings (SSSR count). The van der Waals surface area contributed by atoms with Gasteiger partial charge in [0.05, 0.1) is 18.5 Å². The van der Waals surface area contributed by atoms with Crippen LogP contribution in [0.4, 0.5) is 5.82 Å². The van der Waals surface area contributed by atoms with Crippen molar-refractivity contribution in [2.24, 2.45) is 5.92 Å². The second-order valence-corrected chi connectivity index (χ2v) is 5.77. The topological polar surface area (TPSA) is 93.2 Å². The maximum atomic E-state index is 10.3. The Hall–Kier alpha value is -2.48. The molecule has 3 aromatic rings. The highest BCUT2D eigenvalue weighted by atomic mass is 16.3. The van der Waals surface area contributed by atoms with Gasteiger partial charge in [-0.25, -0.2) is 4.98 Å². The minimum Gasteiger partial charge on any atom is -0.391 e. The van der Waals surface area contributed by atoms with E-state index in [0.717, 1.165) is 25.2 Å². The molecule has 0 amide bonds. The lowest BCUT2D eigenvalue weighted by molar-refractivity contribution is 0.166. The quantitative estimate of drug-likeness (QED) is 0.731. The molecule has 1 unspecified atom stereocenters. The second-order valence-electron chi connectivity index (χ2n) is 5.77. The third-order valence-corrected chi connectivity index (χ3v) is 4.15. The van der Waals surface area contributed by atoms with Crippen LogP contribution in [0.1, 0.15) is 12.8 Å². The van der Waals surface area contributed by atoms with Crippen molar-refractivity contribution in [3.8, 4) is 0 Å². The number of rotatable bonds is 4. The molecule has 0 aliphatic heterocycles. The Labute approximate surface area is 126 Å². The van der Waals surface area contributed by atoms with Gasteiger partial charge >= 0.3 is 0 Å². The standard InChI is InChI=1S/C14H17N7O/c22-12-6-10(7-20-4-3-15-8-20)5-11(12)17-13-1-2-14-18-16-9-21(14)19-13/h1-4,8-12,22H,5-7H2,(H,17,19)/t10?,11-,12-/m1/s1. The van der Waals surface area contributed by atoms with E-state index in [4.69, 9.17) is 0 Å². The number of fused-ring (bicyclic) bond motifs is 1. The summed E-state index contributed by atoms with van der Waals surface area (Å²) < 4.78 is 3.67. The number of imidazole rings is 1. The maximum absolute atomic E-state index is 10.3. The number of hydrogen-bond donors (Lipinski definition) is 2. The van der Waals surface area contributed by atoms with Crippen LogP contribution in [0, 0.1) is 5.92 Å². The van der Waals surface area contributed by atoms with E-state index in [1.807, 2.05) is 24.7 Å². The predicted octanol–water partition coefficient (Wildman–Crippen LogP) is 0.572. The molecule has 1 aliphatic rings. The van der Waals surface area contributed by atoms with E-state index in [0.29, 0.717) is 11.6 Å². The molecule has 0 radical (unpaired) electrons. The molecule has 114 valence electrons. The third kappa shape index (κ3) is 2.52. The Kier molecular flexibility index (Phi) is 3.23. The van der Waals surface area contributed by atoms with Crippen molar-refractivity contribution in [2.75, 3.05) is 5.32 Å². The monoisotopic (exact) mass is 299 g/mol. The van der Waals surface area contributed by atoms with Crippen molar-refractivity contribution in [1.82, 2.24) is 29.4 Å². The number of aliphatic hydroxyl groups excluding tert-OH is 1. The van der Waals surface area contributed by atoms with Crippen molar-refractivity contribution in [3.63, 3.8) is 0 Å². The molecule has 1 fully saturated rings. The van der Waals surface area contributed by atoms with Crippen molar-refractivity contribution >= 4 is 11.5 Å².